The monoisotopic (exact) mass is 264 g/mol. The van der Waals surface area contributed by atoms with Crippen LogP contribution in [0.2, 0.25) is 5.02 Å². The van der Waals surface area contributed by atoms with Crippen LogP contribution in [0.1, 0.15) is 23.0 Å². The molecule has 1 aromatic heterocycles. The average Bonchev–Trinajstić information content (AvgIpc) is 2.79. The molecule has 0 amide bonds. The lowest BCUT2D eigenvalue weighted by molar-refractivity contribution is 0.102. The van der Waals surface area contributed by atoms with Gasteiger partial charge in [0.2, 0.25) is 5.78 Å². The Labute approximate surface area is 110 Å². The second-order valence-corrected chi connectivity index (χ2v) is 4.12. The van der Waals surface area contributed by atoms with Gasteiger partial charge in [-0.15, -0.1) is 0 Å². The minimum atomic E-state index is -0.137. The van der Waals surface area contributed by atoms with Crippen molar-refractivity contribution in [1.29, 1.82) is 0 Å². The molecule has 0 unspecified atom stereocenters. The number of ether oxygens (including phenoxy) is 1. The summed E-state index contributed by atoms with van der Waals surface area (Å²) < 4.78 is 6.65. The van der Waals surface area contributed by atoms with E-state index in [9.17, 15) is 4.79 Å². The van der Waals surface area contributed by atoms with Crippen molar-refractivity contribution in [3.05, 3.63) is 46.7 Å². The number of ketones is 1. The molecule has 0 saturated heterocycles. The van der Waals surface area contributed by atoms with Crippen molar-refractivity contribution in [2.24, 2.45) is 0 Å². The van der Waals surface area contributed by atoms with Gasteiger partial charge in [-0.05, 0) is 31.2 Å². The van der Waals surface area contributed by atoms with Crippen LogP contribution in [0.4, 0.5) is 0 Å². The van der Waals surface area contributed by atoms with Gasteiger partial charge in [0.25, 0.3) is 0 Å². The Kier molecular flexibility index (Phi) is 3.67. The maximum Gasteiger partial charge on any atom is 0.212 e. The molecule has 5 heteroatoms. The number of aryl methyl sites for hydroxylation is 1. The number of aromatic nitrogens is 2. The summed E-state index contributed by atoms with van der Waals surface area (Å²) in [6.45, 7) is 2.51. The van der Waals surface area contributed by atoms with E-state index >= 15 is 0 Å². The van der Waals surface area contributed by atoms with E-state index in [1.807, 2.05) is 6.92 Å². The summed E-state index contributed by atoms with van der Waals surface area (Å²) in [7, 11) is 1.58. The number of halogens is 1. The second kappa shape index (κ2) is 5.23. The van der Waals surface area contributed by atoms with Gasteiger partial charge in [-0.1, -0.05) is 11.6 Å². The molecule has 18 heavy (non-hydrogen) atoms. The number of carbonyl (C=O) groups is 1. The molecule has 0 aliphatic heterocycles. The van der Waals surface area contributed by atoms with Crippen molar-refractivity contribution >= 4 is 17.4 Å². The molecule has 1 heterocycles. The quantitative estimate of drug-likeness (QED) is 0.798. The number of hydrogen-bond acceptors (Lipinski definition) is 3. The van der Waals surface area contributed by atoms with Crippen LogP contribution >= 0.6 is 11.6 Å². The summed E-state index contributed by atoms with van der Waals surface area (Å²) in [5.74, 6) is 0.573. The van der Waals surface area contributed by atoms with E-state index in [2.05, 4.69) is 5.10 Å². The first-order chi connectivity index (χ1) is 8.67. The Morgan fingerprint density at radius 1 is 1.39 bits per heavy atom. The minimum Gasteiger partial charge on any atom is -0.497 e. The zero-order valence-electron chi connectivity index (χ0n) is 10.2. The normalized spacial score (nSPS) is 10.4. The maximum absolute atomic E-state index is 12.3. The molecule has 2 rings (SSSR count). The van der Waals surface area contributed by atoms with Crippen LogP contribution in [0.5, 0.6) is 5.75 Å². The van der Waals surface area contributed by atoms with E-state index < -0.39 is 0 Å². The second-order valence-electron chi connectivity index (χ2n) is 3.71. The van der Waals surface area contributed by atoms with Crippen LogP contribution in [0, 0.1) is 0 Å². The van der Waals surface area contributed by atoms with Gasteiger partial charge >= 0.3 is 0 Å². The summed E-state index contributed by atoms with van der Waals surface area (Å²) in [5.41, 5.74) is 0.984. The third kappa shape index (κ3) is 2.24. The standard InChI is InChI=1S/C13H13ClN2O2/c1-3-16-12(11(14)8-15-16)13(17)9-4-6-10(18-2)7-5-9/h4-8H,3H2,1-2H3. The fourth-order valence-electron chi connectivity index (χ4n) is 1.71. The highest BCUT2D eigenvalue weighted by Gasteiger charge is 2.18. The smallest absolute Gasteiger partial charge is 0.212 e. The third-order valence-electron chi connectivity index (χ3n) is 2.66. The number of nitrogens with zero attached hydrogens (tertiary/aromatic N) is 2. The molecule has 0 aliphatic rings. The maximum atomic E-state index is 12.3. The van der Waals surface area contributed by atoms with Gasteiger partial charge in [0, 0.05) is 12.1 Å². The number of hydrogen-bond donors (Lipinski definition) is 0. The molecule has 0 saturated carbocycles. The van der Waals surface area contributed by atoms with E-state index in [1.165, 1.54) is 6.20 Å². The van der Waals surface area contributed by atoms with Gasteiger partial charge in [-0.25, -0.2) is 0 Å². The van der Waals surface area contributed by atoms with Crippen LogP contribution in [0.25, 0.3) is 0 Å². The highest BCUT2D eigenvalue weighted by Crippen LogP contribution is 2.20. The summed E-state index contributed by atoms with van der Waals surface area (Å²) in [4.78, 5) is 12.3. The third-order valence-corrected chi connectivity index (χ3v) is 2.94. The van der Waals surface area contributed by atoms with Crippen molar-refractivity contribution in [3.63, 3.8) is 0 Å². The van der Waals surface area contributed by atoms with E-state index in [4.69, 9.17) is 16.3 Å². The molecule has 94 valence electrons. The van der Waals surface area contributed by atoms with Crippen LogP contribution in [-0.2, 0) is 6.54 Å². The summed E-state index contributed by atoms with van der Waals surface area (Å²) in [6.07, 6.45) is 1.49. The zero-order chi connectivity index (χ0) is 13.1. The van der Waals surface area contributed by atoms with E-state index in [0.29, 0.717) is 28.6 Å². The van der Waals surface area contributed by atoms with Crippen molar-refractivity contribution in [2.75, 3.05) is 7.11 Å². The molecule has 0 radical (unpaired) electrons. The summed E-state index contributed by atoms with van der Waals surface area (Å²) in [5, 5.41) is 4.43. The van der Waals surface area contributed by atoms with E-state index in [1.54, 1.807) is 36.1 Å². The SMILES string of the molecule is CCn1ncc(Cl)c1C(=O)c1ccc(OC)cc1. The first-order valence-electron chi connectivity index (χ1n) is 5.57. The molecule has 2 aromatic rings. The lowest BCUT2D eigenvalue weighted by atomic mass is 10.1. The highest BCUT2D eigenvalue weighted by atomic mass is 35.5. The van der Waals surface area contributed by atoms with Crippen molar-refractivity contribution in [1.82, 2.24) is 9.78 Å². The Balaban J connectivity index is 2.38. The molecule has 4 nitrogen and oxygen atoms in total. The highest BCUT2D eigenvalue weighted by molar-refractivity contribution is 6.34. The van der Waals surface area contributed by atoms with Crippen molar-refractivity contribution < 1.29 is 9.53 Å². The predicted molar refractivity (Wildman–Crippen MR) is 69.3 cm³/mol. The Hall–Kier alpha value is -1.81. The summed E-state index contributed by atoms with van der Waals surface area (Å²) >= 11 is 6.00. The zero-order valence-corrected chi connectivity index (χ0v) is 10.9. The fourth-order valence-corrected chi connectivity index (χ4v) is 1.93. The lowest BCUT2D eigenvalue weighted by Gasteiger charge is -2.05. The Morgan fingerprint density at radius 3 is 2.61 bits per heavy atom. The number of carbonyl (C=O) groups excluding carboxylic acids is 1. The lowest BCUT2D eigenvalue weighted by Crippen LogP contribution is -2.11. The Morgan fingerprint density at radius 2 is 2.06 bits per heavy atom. The Bertz CT molecular complexity index is 561. The molecule has 0 fully saturated rings. The number of rotatable bonds is 4. The number of methoxy groups -OCH3 is 1. The van der Waals surface area contributed by atoms with E-state index in [-0.39, 0.29) is 5.78 Å². The molecule has 1 aromatic carbocycles. The van der Waals surface area contributed by atoms with Crippen molar-refractivity contribution in [3.8, 4) is 5.75 Å². The van der Waals surface area contributed by atoms with Crippen LogP contribution < -0.4 is 4.74 Å². The first kappa shape index (κ1) is 12.6. The van der Waals surface area contributed by atoms with Gasteiger partial charge in [0.1, 0.15) is 11.4 Å². The molecule has 0 aliphatic carbocycles. The topological polar surface area (TPSA) is 44.1 Å². The molecule has 0 atom stereocenters. The van der Waals surface area contributed by atoms with Crippen LogP contribution in [0.15, 0.2) is 30.5 Å². The predicted octanol–water partition coefficient (Wildman–Crippen LogP) is 2.80. The first-order valence-corrected chi connectivity index (χ1v) is 5.95. The minimum absolute atomic E-state index is 0.137. The largest absolute Gasteiger partial charge is 0.497 e. The van der Waals surface area contributed by atoms with Gasteiger partial charge in [-0.3, -0.25) is 9.48 Å². The van der Waals surface area contributed by atoms with Gasteiger partial charge < -0.3 is 4.74 Å². The van der Waals surface area contributed by atoms with Gasteiger partial charge in [-0.2, -0.15) is 5.10 Å². The molecular weight excluding hydrogens is 252 g/mol. The van der Waals surface area contributed by atoms with E-state index in [0.717, 1.165) is 0 Å². The molecule has 0 spiro atoms. The van der Waals surface area contributed by atoms with Crippen LogP contribution in [-0.4, -0.2) is 22.7 Å². The van der Waals surface area contributed by atoms with Crippen LogP contribution in [0.3, 0.4) is 0 Å². The molecule has 0 bridgehead atoms. The summed E-state index contributed by atoms with van der Waals surface area (Å²) in [6, 6.07) is 6.91. The fraction of sp³-hybridized carbons (Fsp3) is 0.231. The van der Waals surface area contributed by atoms with Gasteiger partial charge in [0.15, 0.2) is 0 Å². The van der Waals surface area contributed by atoms with Crippen molar-refractivity contribution in [2.45, 2.75) is 13.5 Å². The van der Waals surface area contributed by atoms with Gasteiger partial charge in [0.05, 0.1) is 18.3 Å². The molecule has 0 N–H and O–H groups in total. The molecular formula is C13H13ClN2O2. The average molecular weight is 265 g/mol. The number of benzene rings is 1.